The molecule has 2 aromatic carbocycles. The van der Waals surface area contributed by atoms with Crippen LogP contribution in [0.15, 0.2) is 54.1 Å². The fraction of sp³-hybridized carbons (Fsp3) is 0.227. The standard InChI is InChI=1S/C22H21NO7/c1-29-14-8-9-15(16(12-14)30-2)19-18(20(26)13-6-4-3-5-7-13)21(27)22(28)23(19)11-10-17(24)25/h3-9,12,19,26H,10-11H2,1-2H3,(H,24,25)/b20-18-/t19-/m1/s1. The molecule has 1 aliphatic rings. The van der Waals surface area contributed by atoms with Crippen LogP contribution in [0.3, 0.4) is 0 Å². The number of aliphatic hydroxyl groups is 1. The molecule has 8 nitrogen and oxygen atoms in total. The number of amides is 1. The number of benzene rings is 2. The van der Waals surface area contributed by atoms with E-state index in [4.69, 9.17) is 14.6 Å². The summed E-state index contributed by atoms with van der Waals surface area (Å²) < 4.78 is 10.6. The molecular formula is C22H21NO7. The van der Waals surface area contributed by atoms with Gasteiger partial charge >= 0.3 is 5.97 Å². The van der Waals surface area contributed by atoms with E-state index in [-0.39, 0.29) is 24.3 Å². The highest BCUT2D eigenvalue weighted by atomic mass is 16.5. The second-order valence-corrected chi connectivity index (χ2v) is 6.61. The molecule has 8 heteroatoms. The summed E-state index contributed by atoms with van der Waals surface area (Å²) in [6.07, 6.45) is -0.354. The summed E-state index contributed by atoms with van der Waals surface area (Å²) in [6.45, 7) is -0.203. The molecule has 3 rings (SSSR count). The van der Waals surface area contributed by atoms with Gasteiger partial charge in [-0.1, -0.05) is 30.3 Å². The Kier molecular flexibility index (Phi) is 6.06. The molecule has 156 valence electrons. The van der Waals surface area contributed by atoms with E-state index in [1.807, 2.05) is 0 Å². The topological polar surface area (TPSA) is 113 Å². The highest BCUT2D eigenvalue weighted by Crippen LogP contribution is 2.43. The lowest BCUT2D eigenvalue weighted by Crippen LogP contribution is -2.32. The average molecular weight is 411 g/mol. The van der Waals surface area contributed by atoms with Crippen molar-refractivity contribution in [3.05, 3.63) is 65.2 Å². The predicted molar refractivity (Wildman–Crippen MR) is 107 cm³/mol. The average Bonchev–Trinajstić information content (AvgIpc) is 3.01. The minimum absolute atomic E-state index is 0.125. The van der Waals surface area contributed by atoms with E-state index in [9.17, 15) is 19.5 Å². The van der Waals surface area contributed by atoms with Crippen LogP contribution in [0, 0.1) is 0 Å². The van der Waals surface area contributed by atoms with Crippen molar-refractivity contribution in [3.63, 3.8) is 0 Å². The zero-order chi connectivity index (χ0) is 21.8. The van der Waals surface area contributed by atoms with Crippen LogP contribution in [0.1, 0.15) is 23.6 Å². The minimum atomic E-state index is -1.11. The van der Waals surface area contributed by atoms with Crippen molar-refractivity contribution in [2.45, 2.75) is 12.5 Å². The third-order valence-electron chi connectivity index (χ3n) is 4.89. The third kappa shape index (κ3) is 3.84. The van der Waals surface area contributed by atoms with Crippen molar-refractivity contribution in [2.75, 3.05) is 20.8 Å². The van der Waals surface area contributed by atoms with Gasteiger partial charge in [-0.15, -0.1) is 0 Å². The van der Waals surface area contributed by atoms with E-state index >= 15 is 0 Å². The van der Waals surface area contributed by atoms with Gasteiger partial charge in [-0.2, -0.15) is 0 Å². The number of methoxy groups -OCH3 is 2. The fourth-order valence-corrected chi connectivity index (χ4v) is 3.45. The van der Waals surface area contributed by atoms with Crippen LogP contribution in [0.4, 0.5) is 0 Å². The van der Waals surface area contributed by atoms with E-state index in [1.165, 1.54) is 14.2 Å². The summed E-state index contributed by atoms with van der Waals surface area (Å²) >= 11 is 0. The van der Waals surface area contributed by atoms with E-state index in [0.717, 1.165) is 4.90 Å². The van der Waals surface area contributed by atoms with E-state index in [1.54, 1.807) is 48.5 Å². The van der Waals surface area contributed by atoms with Crippen LogP contribution in [0.5, 0.6) is 11.5 Å². The number of nitrogens with zero attached hydrogens (tertiary/aromatic N) is 1. The van der Waals surface area contributed by atoms with Gasteiger partial charge in [-0.3, -0.25) is 14.4 Å². The molecule has 1 saturated heterocycles. The van der Waals surface area contributed by atoms with Crippen LogP contribution >= 0.6 is 0 Å². The Hall–Kier alpha value is -3.81. The van der Waals surface area contributed by atoms with E-state index in [0.29, 0.717) is 22.6 Å². The summed E-state index contributed by atoms with van der Waals surface area (Å²) in [6, 6.07) is 12.2. The Balaban J connectivity index is 2.21. The monoisotopic (exact) mass is 411 g/mol. The summed E-state index contributed by atoms with van der Waals surface area (Å²) in [4.78, 5) is 37.9. The highest BCUT2D eigenvalue weighted by Gasteiger charge is 2.47. The molecule has 0 unspecified atom stereocenters. The van der Waals surface area contributed by atoms with Gasteiger partial charge in [0.2, 0.25) is 0 Å². The smallest absolute Gasteiger partial charge is 0.305 e. The molecule has 30 heavy (non-hydrogen) atoms. The Morgan fingerprint density at radius 2 is 1.73 bits per heavy atom. The summed E-state index contributed by atoms with van der Waals surface area (Å²) in [7, 11) is 2.92. The van der Waals surface area contributed by atoms with Crippen LogP contribution < -0.4 is 9.47 Å². The van der Waals surface area contributed by atoms with Crippen LogP contribution in [0.2, 0.25) is 0 Å². The first-order valence-corrected chi connectivity index (χ1v) is 9.16. The van der Waals surface area contributed by atoms with Crippen molar-refractivity contribution >= 4 is 23.4 Å². The molecule has 1 aliphatic heterocycles. The van der Waals surface area contributed by atoms with Gasteiger partial charge in [0.1, 0.15) is 17.3 Å². The number of carbonyl (C=O) groups is 3. The maximum absolute atomic E-state index is 12.9. The summed E-state index contributed by atoms with van der Waals surface area (Å²) in [5, 5.41) is 20.0. The van der Waals surface area contributed by atoms with Gasteiger partial charge in [0.15, 0.2) is 0 Å². The lowest BCUT2D eigenvalue weighted by Gasteiger charge is -2.26. The van der Waals surface area contributed by atoms with Crippen molar-refractivity contribution < 1.29 is 34.1 Å². The van der Waals surface area contributed by atoms with Gasteiger partial charge in [0.05, 0.1) is 32.3 Å². The van der Waals surface area contributed by atoms with Gasteiger partial charge in [0, 0.05) is 23.7 Å². The quantitative estimate of drug-likeness (QED) is 0.409. The third-order valence-corrected chi connectivity index (χ3v) is 4.89. The number of Topliss-reactive ketones (excluding diaryl/α,β-unsaturated/α-hetero) is 1. The maximum atomic E-state index is 12.9. The first-order chi connectivity index (χ1) is 14.4. The number of rotatable bonds is 7. The molecule has 1 fully saturated rings. The molecular weight excluding hydrogens is 390 g/mol. The Labute approximate surface area is 173 Å². The summed E-state index contributed by atoms with van der Waals surface area (Å²) in [5.74, 6) is -2.38. The molecule has 0 saturated carbocycles. The SMILES string of the molecule is COc1ccc([C@@H]2/C(=C(/O)c3ccccc3)C(=O)C(=O)N2CCC(=O)O)c(OC)c1. The first-order valence-electron chi connectivity index (χ1n) is 9.16. The number of carboxylic acids is 1. The van der Waals surface area contributed by atoms with E-state index < -0.39 is 23.7 Å². The first kappa shape index (κ1) is 20.9. The zero-order valence-corrected chi connectivity index (χ0v) is 16.5. The second kappa shape index (κ2) is 8.69. The fourth-order valence-electron chi connectivity index (χ4n) is 3.45. The number of aliphatic carboxylic acids is 1. The second-order valence-electron chi connectivity index (χ2n) is 6.61. The van der Waals surface area contributed by atoms with Crippen molar-refractivity contribution in [1.82, 2.24) is 4.90 Å². The zero-order valence-electron chi connectivity index (χ0n) is 16.5. The molecule has 1 atom stereocenters. The number of carbonyl (C=O) groups excluding carboxylic acids is 2. The van der Waals surface area contributed by atoms with Crippen LogP contribution in [-0.4, -0.2) is 53.5 Å². The maximum Gasteiger partial charge on any atom is 0.305 e. The molecule has 0 radical (unpaired) electrons. The Morgan fingerprint density at radius 3 is 2.33 bits per heavy atom. The molecule has 2 aromatic rings. The van der Waals surface area contributed by atoms with Gasteiger partial charge in [-0.05, 0) is 12.1 Å². The van der Waals surface area contributed by atoms with Crippen LogP contribution in [0.25, 0.3) is 5.76 Å². The van der Waals surface area contributed by atoms with Gasteiger partial charge in [-0.25, -0.2) is 0 Å². The minimum Gasteiger partial charge on any atom is -0.507 e. The molecule has 1 heterocycles. The number of likely N-dealkylation sites (tertiary alicyclic amines) is 1. The number of hydrogen-bond donors (Lipinski definition) is 2. The van der Waals surface area contributed by atoms with Gasteiger partial charge < -0.3 is 24.6 Å². The number of ether oxygens (including phenoxy) is 2. The van der Waals surface area contributed by atoms with Crippen molar-refractivity contribution in [3.8, 4) is 11.5 Å². The normalized spacial score (nSPS) is 17.8. The molecule has 2 N–H and O–H groups in total. The Bertz CT molecular complexity index is 1010. The molecule has 0 aliphatic carbocycles. The summed E-state index contributed by atoms with van der Waals surface area (Å²) in [5.41, 5.74) is 0.673. The molecule has 0 aromatic heterocycles. The van der Waals surface area contributed by atoms with Crippen LogP contribution in [-0.2, 0) is 14.4 Å². The lowest BCUT2D eigenvalue weighted by molar-refractivity contribution is -0.142. The number of hydrogen-bond acceptors (Lipinski definition) is 6. The predicted octanol–water partition coefficient (Wildman–Crippen LogP) is 2.60. The molecule has 0 spiro atoms. The van der Waals surface area contributed by atoms with Crippen molar-refractivity contribution in [2.24, 2.45) is 0 Å². The van der Waals surface area contributed by atoms with Crippen molar-refractivity contribution in [1.29, 1.82) is 0 Å². The molecule has 1 amide bonds. The van der Waals surface area contributed by atoms with Gasteiger partial charge in [0.25, 0.3) is 11.7 Å². The highest BCUT2D eigenvalue weighted by molar-refractivity contribution is 6.46. The molecule has 0 bridgehead atoms. The number of carboxylic acid groups (broad SMARTS) is 1. The Morgan fingerprint density at radius 1 is 1.03 bits per heavy atom. The number of aliphatic hydroxyl groups excluding tert-OH is 1. The largest absolute Gasteiger partial charge is 0.507 e. The number of ketones is 1. The lowest BCUT2D eigenvalue weighted by atomic mass is 9.94. The van der Waals surface area contributed by atoms with E-state index in [2.05, 4.69) is 0 Å².